The van der Waals surface area contributed by atoms with E-state index in [2.05, 4.69) is 5.32 Å². The van der Waals surface area contributed by atoms with Crippen LogP contribution in [0.25, 0.3) is 0 Å². The summed E-state index contributed by atoms with van der Waals surface area (Å²) in [6.45, 7) is 2.11. The molecular formula is C15H14F2N2O2. The second-order valence-corrected chi connectivity index (χ2v) is 4.24. The lowest BCUT2D eigenvalue weighted by atomic mass is 10.1. The number of nitrogens with one attached hydrogen (secondary N) is 1. The maximum atomic E-state index is 13.1. The maximum Gasteiger partial charge on any atom is 0.259 e. The van der Waals surface area contributed by atoms with Crippen LogP contribution in [-0.4, -0.2) is 12.5 Å². The summed E-state index contributed by atoms with van der Waals surface area (Å²) < 4.78 is 31.3. The molecule has 21 heavy (non-hydrogen) atoms. The molecule has 0 spiro atoms. The second kappa shape index (κ2) is 6.21. The average molecular weight is 292 g/mol. The van der Waals surface area contributed by atoms with Crippen LogP contribution in [0.1, 0.15) is 17.3 Å². The third kappa shape index (κ3) is 3.28. The Kier molecular flexibility index (Phi) is 4.37. The van der Waals surface area contributed by atoms with Gasteiger partial charge in [0.2, 0.25) is 0 Å². The summed E-state index contributed by atoms with van der Waals surface area (Å²) in [5, 5.41) is 2.47. The van der Waals surface area contributed by atoms with E-state index >= 15 is 0 Å². The molecule has 2 rings (SSSR count). The van der Waals surface area contributed by atoms with Gasteiger partial charge in [0.15, 0.2) is 17.4 Å². The second-order valence-electron chi connectivity index (χ2n) is 4.24. The predicted molar refractivity (Wildman–Crippen MR) is 76.3 cm³/mol. The van der Waals surface area contributed by atoms with Gasteiger partial charge in [-0.3, -0.25) is 4.79 Å². The Bertz CT molecular complexity index is 675. The Morgan fingerprint density at radius 2 is 2.00 bits per heavy atom. The van der Waals surface area contributed by atoms with Gasteiger partial charge in [0, 0.05) is 11.8 Å². The van der Waals surface area contributed by atoms with Crippen LogP contribution in [0.3, 0.4) is 0 Å². The summed E-state index contributed by atoms with van der Waals surface area (Å²) in [4.78, 5) is 12.2. The van der Waals surface area contributed by atoms with Crippen LogP contribution in [0.4, 0.5) is 20.2 Å². The fourth-order valence-corrected chi connectivity index (χ4v) is 1.81. The van der Waals surface area contributed by atoms with Crippen molar-refractivity contribution in [2.24, 2.45) is 0 Å². The molecule has 0 aromatic heterocycles. The van der Waals surface area contributed by atoms with Crippen molar-refractivity contribution in [3.05, 3.63) is 53.6 Å². The molecule has 0 aliphatic carbocycles. The lowest BCUT2D eigenvalue weighted by molar-refractivity contribution is 0.102. The number of hydrogen-bond acceptors (Lipinski definition) is 3. The number of rotatable bonds is 4. The first kappa shape index (κ1) is 14.8. The average Bonchev–Trinajstić information content (AvgIpc) is 2.45. The Hall–Kier alpha value is -2.63. The fourth-order valence-electron chi connectivity index (χ4n) is 1.81. The van der Waals surface area contributed by atoms with Crippen molar-refractivity contribution in [3.8, 4) is 5.75 Å². The number of ether oxygens (including phenoxy) is 1. The van der Waals surface area contributed by atoms with E-state index in [9.17, 15) is 13.6 Å². The van der Waals surface area contributed by atoms with Crippen LogP contribution >= 0.6 is 0 Å². The van der Waals surface area contributed by atoms with Gasteiger partial charge < -0.3 is 15.8 Å². The lowest BCUT2D eigenvalue weighted by Crippen LogP contribution is -2.14. The van der Waals surface area contributed by atoms with Crippen molar-refractivity contribution >= 4 is 17.3 Å². The molecule has 0 saturated heterocycles. The molecule has 2 aromatic rings. The highest BCUT2D eigenvalue weighted by Gasteiger charge is 2.15. The van der Waals surface area contributed by atoms with Crippen LogP contribution in [-0.2, 0) is 0 Å². The van der Waals surface area contributed by atoms with Crippen molar-refractivity contribution in [1.82, 2.24) is 0 Å². The molecule has 0 aliphatic heterocycles. The summed E-state index contributed by atoms with van der Waals surface area (Å²) in [5.41, 5.74) is 6.46. The molecule has 6 heteroatoms. The van der Waals surface area contributed by atoms with Gasteiger partial charge >= 0.3 is 0 Å². The molecule has 110 valence electrons. The topological polar surface area (TPSA) is 64.3 Å². The summed E-state index contributed by atoms with van der Waals surface area (Å²) in [7, 11) is 0. The predicted octanol–water partition coefficient (Wildman–Crippen LogP) is 3.20. The molecule has 0 bridgehead atoms. The van der Waals surface area contributed by atoms with Gasteiger partial charge in [-0.05, 0) is 31.2 Å². The number of hydrogen-bond donors (Lipinski definition) is 2. The zero-order valence-corrected chi connectivity index (χ0v) is 11.3. The molecular weight excluding hydrogens is 278 g/mol. The van der Waals surface area contributed by atoms with Gasteiger partial charge in [0.25, 0.3) is 5.91 Å². The van der Waals surface area contributed by atoms with Crippen LogP contribution in [0, 0.1) is 11.6 Å². The number of para-hydroxylation sites is 1. The molecule has 0 saturated carbocycles. The quantitative estimate of drug-likeness (QED) is 0.851. The third-order valence-corrected chi connectivity index (χ3v) is 2.76. The number of carbonyl (C=O) groups is 1. The summed E-state index contributed by atoms with van der Waals surface area (Å²) in [5.74, 6) is -2.27. The maximum absolute atomic E-state index is 13.1. The SMILES string of the molecule is CCOc1c(N)cccc1C(=O)Nc1ccc(F)c(F)c1. The number of benzene rings is 2. The fraction of sp³-hybridized carbons (Fsp3) is 0.133. The minimum atomic E-state index is -1.04. The van der Waals surface area contributed by atoms with Gasteiger partial charge in [0.05, 0.1) is 17.9 Å². The van der Waals surface area contributed by atoms with Gasteiger partial charge in [-0.25, -0.2) is 8.78 Å². The van der Waals surface area contributed by atoms with E-state index in [1.807, 2.05) is 0 Å². The number of amides is 1. The van der Waals surface area contributed by atoms with E-state index in [1.54, 1.807) is 19.1 Å². The Morgan fingerprint density at radius 3 is 2.67 bits per heavy atom. The number of nitrogens with two attached hydrogens (primary N) is 1. The van der Waals surface area contributed by atoms with Crippen LogP contribution in [0.5, 0.6) is 5.75 Å². The highest BCUT2D eigenvalue weighted by atomic mass is 19.2. The molecule has 0 radical (unpaired) electrons. The van der Waals surface area contributed by atoms with Crippen molar-refractivity contribution in [1.29, 1.82) is 0 Å². The van der Waals surface area contributed by atoms with Crippen LogP contribution in [0.15, 0.2) is 36.4 Å². The van der Waals surface area contributed by atoms with Gasteiger partial charge in [-0.2, -0.15) is 0 Å². The molecule has 4 nitrogen and oxygen atoms in total. The van der Waals surface area contributed by atoms with E-state index in [4.69, 9.17) is 10.5 Å². The standard InChI is InChI=1S/C15H14F2N2O2/c1-2-21-14-10(4-3-5-13(14)18)15(20)19-9-6-7-11(16)12(17)8-9/h3-8H,2,18H2,1H3,(H,19,20). The van der Waals surface area contributed by atoms with Crippen molar-refractivity contribution in [3.63, 3.8) is 0 Å². The Labute approximate surface area is 120 Å². The van der Waals surface area contributed by atoms with Crippen molar-refractivity contribution in [2.45, 2.75) is 6.92 Å². The monoisotopic (exact) mass is 292 g/mol. The van der Waals surface area contributed by atoms with E-state index in [-0.39, 0.29) is 17.0 Å². The van der Waals surface area contributed by atoms with Crippen LogP contribution < -0.4 is 15.8 Å². The Morgan fingerprint density at radius 1 is 1.24 bits per heavy atom. The van der Waals surface area contributed by atoms with Crippen molar-refractivity contribution < 1.29 is 18.3 Å². The number of anilines is 2. The summed E-state index contributed by atoms with van der Waals surface area (Å²) in [6, 6.07) is 7.87. The van der Waals surface area contributed by atoms with Crippen LogP contribution in [0.2, 0.25) is 0 Å². The molecule has 1 amide bonds. The largest absolute Gasteiger partial charge is 0.491 e. The smallest absolute Gasteiger partial charge is 0.259 e. The van der Waals surface area contributed by atoms with E-state index in [0.29, 0.717) is 12.3 Å². The van der Waals surface area contributed by atoms with Gasteiger partial charge in [-0.1, -0.05) is 6.07 Å². The minimum Gasteiger partial charge on any atom is -0.491 e. The first-order valence-corrected chi connectivity index (χ1v) is 6.30. The molecule has 0 atom stereocenters. The number of nitrogen functional groups attached to an aromatic ring is 1. The molecule has 0 fully saturated rings. The zero-order valence-electron chi connectivity index (χ0n) is 11.3. The molecule has 0 heterocycles. The third-order valence-electron chi connectivity index (χ3n) is 2.76. The highest BCUT2D eigenvalue weighted by Crippen LogP contribution is 2.27. The number of carbonyl (C=O) groups excluding carboxylic acids is 1. The van der Waals surface area contributed by atoms with Gasteiger partial charge in [0.1, 0.15) is 0 Å². The molecule has 0 unspecified atom stereocenters. The van der Waals surface area contributed by atoms with E-state index in [1.165, 1.54) is 12.1 Å². The minimum absolute atomic E-state index is 0.142. The Balaban J connectivity index is 2.28. The first-order chi connectivity index (χ1) is 10.0. The molecule has 0 aliphatic rings. The molecule has 2 aromatic carbocycles. The highest BCUT2D eigenvalue weighted by molar-refractivity contribution is 6.07. The first-order valence-electron chi connectivity index (χ1n) is 6.30. The van der Waals surface area contributed by atoms with Crippen molar-refractivity contribution in [2.75, 3.05) is 17.7 Å². The summed E-state index contributed by atoms with van der Waals surface area (Å²) >= 11 is 0. The summed E-state index contributed by atoms with van der Waals surface area (Å²) in [6.07, 6.45) is 0. The lowest BCUT2D eigenvalue weighted by Gasteiger charge is -2.12. The van der Waals surface area contributed by atoms with E-state index < -0.39 is 17.5 Å². The van der Waals surface area contributed by atoms with E-state index in [0.717, 1.165) is 12.1 Å². The normalized spacial score (nSPS) is 10.2. The van der Waals surface area contributed by atoms with Gasteiger partial charge in [-0.15, -0.1) is 0 Å². The zero-order chi connectivity index (χ0) is 15.4. The number of halogens is 2. The molecule has 3 N–H and O–H groups in total.